The molecule has 0 bridgehead atoms. The summed E-state index contributed by atoms with van der Waals surface area (Å²) in [4.78, 5) is 19.3. The van der Waals surface area contributed by atoms with Gasteiger partial charge in [-0.05, 0) is 13.0 Å². The van der Waals surface area contributed by atoms with Crippen LogP contribution in [0.2, 0.25) is 0 Å². The number of hydrogen-bond donors (Lipinski definition) is 2. The topological polar surface area (TPSA) is 66.9 Å². The van der Waals surface area contributed by atoms with E-state index in [2.05, 4.69) is 20.6 Å². The highest BCUT2D eigenvalue weighted by atomic mass is 16.1. The minimum Gasteiger partial charge on any atom is -0.347 e. The van der Waals surface area contributed by atoms with Crippen LogP contribution in [-0.4, -0.2) is 35.0 Å². The Bertz CT molecular complexity index is 308. The van der Waals surface area contributed by atoms with Crippen molar-refractivity contribution in [2.24, 2.45) is 0 Å². The molecule has 0 saturated carbocycles. The van der Waals surface area contributed by atoms with Crippen LogP contribution < -0.4 is 10.6 Å². The van der Waals surface area contributed by atoms with E-state index in [1.807, 2.05) is 0 Å². The SMILES string of the molecule is O=C(N[C@H]1CCNC1)c1cnccn1. The summed E-state index contributed by atoms with van der Waals surface area (Å²) in [6, 6.07) is 0.226. The number of aromatic nitrogens is 2. The molecule has 0 aliphatic carbocycles. The van der Waals surface area contributed by atoms with E-state index >= 15 is 0 Å². The highest BCUT2D eigenvalue weighted by molar-refractivity contribution is 5.92. The molecule has 5 heteroatoms. The predicted octanol–water partition coefficient (Wildman–Crippen LogP) is -0.432. The summed E-state index contributed by atoms with van der Waals surface area (Å²) in [6.45, 7) is 1.80. The average Bonchev–Trinajstić information content (AvgIpc) is 2.72. The fourth-order valence-electron chi connectivity index (χ4n) is 1.45. The number of nitrogens with one attached hydrogen (secondary N) is 2. The van der Waals surface area contributed by atoms with Gasteiger partial charge in [-0.3, -0.25) is 9.78 Å². The maximum atomic E-state index is 11.6. The molecule has 0 aromatic carbocycles. The molecule has 2 rings (SSSR count). The van der Waals surface area contributed by atoms with Crippen molar-refractivity contribution in [2.75, 3.05) is 13.1 Å². The van der Waals surface area contributed by atoms with Crippen LogP contribution in [0.15, 0.2) is 18.6 Å². The van der Waals surface area contributed by atoms with E-state index in [1.54, 1.807) is 6.20 Å². The van der Waals surface area contributed by atoms with Crippen molar-refractivity contribution in [2.45, 2.75) is 12.5 Å². The zero-order valence-electron chi connectivity index (χ0n) is 7.73. The van der Waals surface area contributed by atoms with E-state index in [0.717, 1.165) is 19.5 Å². The Labute approximate surface area is 82.0 Å². The number of carbonyl (C=O) groups excluding carboxylic acids is 1. The maximum Gasteiger partial charge on any atom is 0.271 e. The lowest BCUT2D eigenvalue weighted by molar-refractivity contribution is 0.0934. The third-order valence-corrected chi connectivity index (χ3v) is 2.19. The fraction of sp³-hybridized carbons (Fsp3) is 0.444. The van der Waals surface area contributed by atoms with Gasteiger partial charge in [0.1, 0.15) is 5.69 Å². The fourth-order valence-corrected chi connectivity index (χ4v) is 1.45. The van der Waals surface area contributed by atoms with E-state index < -0.39 is 0 Å². The molecular weight excluding hydrogens is 180 g/mol. The molecular formula is C9H12N4O. The van der Waals surface area contributed by atoms with Gasteiger partial charge < -0.3 is 10.6 Å². The Morgan fingerprint density at radius 1 is 1.57 bits per heavy atom. The normalized spacial score (nSPS) is 20.7. The van der Waals surface area contributed by atoms with Crippen molar-refractivity contribution in [1.82, 2.24) is 20.6 Å². The third-order valence-electron chi connectivity index (χ3n) is 2.19. The van der Waals surface area contributed by atoms with E-state index in [0.29, 0.717) is 5.69 Å². The summed E-state index contributed by atoms with van der Waals surface area (Å²) in [6.07, 6.45) is 5.51. The minimum absolute atomic E-state index is 0.146. The van der Waals surface area contributed by atoms with Crippen molar-refractivity contribution in [3.8, 4) is 0 Å². The van der Waals surface area contributed by atoms with Gasteiger partial charge in [-0.2, -0.15) is 0 Å². The molecule has 1 fully saturated rings. The Kier molecular flexibility index (Phi) is 2.69. The second-order valence-electron chi connectivity index (χ2n) is 3.25. The summed E-state index contributed by atoms with van der Waals surface area (Å²) in [5.41, 5.74) is 0.374. The first-order valence-corrected chi connectivity index (χ1v) is 4.64. The average molecular weight is 192 g/mol. The second-order valence-corrected chi connectivity index (χ2v) is 3.25. The van der Waals surface area contributed by atoms with Crippen LogP contribution in [0.3, 0.4) is 0 Å². The Morgan fingerprint density at radius 3 is 3.14 bits per heavy atom. The lowest BCUT2D eigenvalue weighted by atomic mass is 10.2. The number of rotatable bonds is 2. The van der Waals surface area contributed by atoms with Crippen molar-refractivity contribution in [3.63, 3.8) is 0 Å². The molecule has 1 amide bonds. The quantitative estimate of drug-likeness (QED) is 0.667. The molecule has 1 aromatic rings. The summed E-state index contributed by atoms with van der Waals surface area (Å²) < 4.78 is 0. The summed E-state index contributed by atoms with van der Waals surface area (Å²) in [7, 11) is 0. The molecule has 1 atom stereocenters. The van der Waals surface area contributed by atoms with Gasteiger partial charge in [0, 0.05) is 25.0 Å². The van der Waals surface area contributed by atoms with Crippen molar-refractivity contribution >= 4 is 5.91 Å². The van der Waals surface area contributed by atoms with Gasteiger partial charge in [0.05, 0.1) is 6.20 Å². The zero-order valence-corrected chi connectivity index (χ0v) is 7.73. The molecule has 2 N–H and O–H groups in total. The van der Waals surface area contributed by atoms with Gasteiger partial charge in [-0.15, -0.1) is 0 Å². The first-order chi connectivity index (χ1) is 6.86. The highest BCUT2D eigenvalue weighted by Crippen LogP contribution is 1.99. The summed E-state index contributed by atoms with van der Waals surface area (Å²) in [5, 5.41) is 6.07. The number of amides is 1. The minimum atomic E-state index is -0.146. The van der Waals surface area contributed by atoms with E-state index in [9.17, 15) is 4.79 Å². The van der Waals surface area contributed by atoms with Gasteiger partial charge >= 0.3 is 0 Å². The zero-order chi connectivity index (χ0) is 9.80. The number of nitrogens with zero attached hydrogens (tertiary/aromatic N) is 2. The van der Waals surface area contributed by atoms with E-state index in [4.69, 9.17) is 0 Å². The monoisotopic (exact) mass is 192 g/mol. The molecule has 14 heavy (non-hydrogen) atoms. The predicted molar refractivity (Wildman–Crippen MR) is 50.8 cm³/mol. The van der Waals surface area contributed by atoms with Crippen LogP contribution in [-0.2, 0) is 0 Å². The van der Waals surface area contributed by atoms with Crippen molar-refractivity contribution < 1.29 is 4.79 Å². The number of carbonyl (C=O) groups is 1. The van der Waals surface area contributed by atoms with Crippen LogP contribution >= 0.6 is 0 Å². The molecule has 1 saturated heterocycles. The Morgan fingerprint density at radius 2 is 2.50 bits per heavy atom. The summed E-state index contributed by atoms with van der Waals surface area (Å²) in [5.74, 6) is -0.146. The smallest absolute Gasteiger partial charge is 0.271 e. The van der Waals surface area contributed by atoms with Gasteiger partial charge in [0.15, 0.2) is 0 Å². The largest absolute Gasteiger partial charge is 0.347 e. The maximum absolute atomic E-state index is 11.6. The van der Waals surface area contributed by atoms with Gasteiger partial charge in [-0.25, -0.2) is 4.98 Å². The first-order valence-electron chi connectivity index (χ1n) is 4.64. The standard InChI is InChI=1S/C9H12N4O/c14-9(8-6-11-3-4-12-8)13-7-1-2-10-5-7/h3-4,6-7,10H,1-2,5H2,(H,13,14)/t7-/m0/s1. The highest BCUT2D eigenvalue weighted by Gasteiger charge is 2.17. The van der Waals surface area contributed by atoms with Gasteiger partial charge in [0.2, 0.25) is 0 Å². The molecule has 1 aliphatic heterocycles. The third kappa shape index (κ3) is 2.05. The molecule has 2 heterocycles. The van der Waals surface area contributed by atoms with E-state index in [-0.39, 0.29) is 11.9 Å². The summed E-state index contributed by atoms with van der Waals surface area (Å²) >= 11 is 0. The van der Waals surface area contributed by atoms with E-state index in [1.165, 1.54) is 12.4 Å². The number of hydrogen-bond acceptors (Lipinski definition) is 4. The molecule has 1 aliphatic rings. The molecule has 74 valence electrons. The lowest BCUT2D eigenvalue weighted by Crippen LogP contribution is -2.36. The van der Waals surface area contributed by atoms with Crippen LogP contribution in [0.25, 0.3) is 0 Å². The molecule has 5 nitrogen and oxygen atoms in total. The van der Waals surface area contributed by atoms with Crippen molar-refractivity contribution in [3.05, 3.63) is 24.3 Å². The van der Waals surface area contributed by atoms with Crippen LogP contribution in [0.1, 0.15) is 16.9 Å². The molecule has 0 spiro atoms. The van der Waals surface area contributed by atoms with Gasteiger partial charge in [-0.1, -0.05) is 0 Å². The van der Waals surface area contributed by atoms with Crippen LogP contribution in [0.4, 0.5) is 0 Å². The molecule has 1 aromatic heterocycles. The molecule has 0 unspecified atom stereocenters. The lowest BCUT2D eigenvalue weighted by Gasteiger charge is -2.09. The van der Waals surface area contributed by atoms with Crippen LogP contribution in [0, 0.1) is 0 Å². The Hall–Kier alpha value is -1.49. The molecule has 0 radical (unpaired) electrons. The Balaban J connectivity index is 1.95. The van der Waals surface area contributed by atoms with Crippen LogP contribution in [0.5, 0.6) is 0 Å². The van der Waals surface area contributed by atoms with Crippen molar-refractivity contribution in [1.29, 1.82) is 0 Å². The first kappa shape index (κ1) is 9.08. The second kappa shape index (κ2) is 4.15. The van der Waals surface area contributed by atoms with Gasteiger partial charge in [0.25, 0.3) is 5.91 Å².